The number of carbonyl (C=O) groups excluding carboxylic acids is 1. The van der Waals surface area contributed by atoms with E-state index in [-0.39, 0.29) is 23.2 Å². The summed E-state index contributed by atoms with van der Waals surface area (Å²) < 4.78 is 43.2. The first-order valence-electron chi connectivity index (χ1n) is 10.2. The number of nitrogens with one attached hydrogen (secondary N) is 2. The van der Waals surface area contributed by atoms with Gasteiger partial charge in [0.2, 0.25) is 11.9 Å². The van der Waals surface area contributed by atoms with E-state index in [9.17, 15) is 18.0 Å². The third-order valence-electron chi connectivity index (χ3n) is 4.88. The first kappa shape index (κ1) is 22.9. The number of hydrogen-bond acceptors (Lipinski definition) is 6. The molecule has 0 atom stereocenters. The van der Waals surface area contributed by atoms with Crippen LogP contribution in [0.15, 0.2) is 61.4 Å². The van der Waals surface area contributed by atoms with Gasteiger partial charge in [0.25, 0.3) is 5.92 Å². The van der Waals surface area contributed by atoms with E-state index in [1.807, 2.05) is 0 Å². The second-order valence-corrected chi connectivity index (χ2v) is 7.70. The van der Waals surface area contributed by atoms with Crippen molar-refractivity contribution in [2.24, 2.45) is 7.05 Å². The number of alkyl halides is 2. The van der Waals surface area contributed by atoms with Crippen molar-refractivity contribution >= 4 is 23.2 Å². The Kier molecular flexibility index (Phi) is 6.26. The highest BCUT2D eigenvalue weighted by Gasteiger charge is 2.25. The van der Waals surface area contributed by atoms with Crippen LogP contribution in [0, 0.1) is 5.82 Å². The zero-order valence-electron chi connectivity index (χ0n) is 18.3. The summed E-state index contributed by atoms with van der Waals surface area (Å²) in [5, 5.41) is 9.53. The number of aromatic nitrogens is 5. The van der Waals surface area contributed by atoms with Gasteiger partial charge in [0.15, 0.2) is 0 Å². The molecule has 2 N–H and O–H groups in total. The summed E-state index contributed by atoms with van der Waals surface area (Å²) in [6.07, 6.45) is 8.51. The zero-order valence-corrected chi connectivity index (χ0v) is 18.3. The lowest BCUT2D eigenvalue weighted by molar-refractivity contribution is -0.115. The van der Waals surface area contributed by atoms with Crippen molar-refractivity contribution in [1.29, 1.82) is 0 Å². The number of benzene rings is 1. The van der Waals surface area contributed by atoms with Crippen LogP contribution in [0.4, 0.5) is 30.5 Å². The Balaban J connectivity index is 1.41. The van der Waals surface area contributed by atoms with Crippen LogP contribution in [0.1, 0.15) is 18.1 Å². The van der Waals surface area contributed by atoms with Crippen molar-refractivity contribution in [2.45, 2.75) is 19.3 Å². The van der Waals surface area contributed by atoms with Crippen molar-refractivity contribution in [3.05, 3.63) is 78.4 Å². The fraction of sp³-hybridized carbons (Fsp3) is 0.174. The minimum atomic E-state index is -3.09. The third-order valence-corrected chi connectivity index (χ3v) is 4.88. The molecule has 0 saturated carbocycles. The zero-order chi connectivity index (χ0) is 24.3. The van der Waals surface area contributed by atoms with Crippen LogP contribution in [0.2, 0.25) is 0 Å². The Morgan fingerprint density at radius 2 is 1.79 bits per heavy atom. The molecule has 0 radical (unpaired) electrons. The largest absolute Gasteiger partial charge is 0.324 e. The van der Waals surface area contributed by atoms with Gasteiger partial charge in [-0.1, -0.05) is 12.1 Å². The highest BCUT2D eigenvalue weighted by molar-refractivity contribution is 5.92. The molecular weight excluding hydrogens is 447 g/mol. The van der Waals surface area contributed by atoms with E-state index >= 15 is 0 Å². The van der Waals surface area contributed by atoms with E-state index in [4.69, 9.17) is 0 Å². The van der Waals surface area contributed by atoms with E-state index < -0.39 is 17.6 Å². The molecule has 3 aromatic heterocycles. The highest BCUT2D eigenvalue weighted by Crippen LogP contribution is 2.28. The molecule has 4 rings (SSSR count). The molecule has 0 aliphatic heterocycles. The molecule has 1 amide bonds. The SMILES string of the molecule is Cn1cc(Nc2ncc(-c3ccc(CC(=O)Nc4cncc(C(C)(F)F)c4)c(F)c3)cn2)cn1. The Morgan fingerprint density at radius 1 is 1.03 bits per heavy atom. The molecule has 0 bridgehead atoms. The number of halogens is 3. The number of rotatable bonds is 7. The Labute approximate surface area is 192 Å². The fourth-order valence-electron chi connectivity index (χ4n) is 3.15. The van der Waals surface area contributed by atoms with Crippen LogP contribution in [-0.4, -0.2) is 30.6 Å². The number of carbonyl (C=O) groups is 1. The monoisotopic (exact) mass is 467 g/mol. The fourth-order valence-corrected chi connectivity index (χ4v) is 3.15. The molecule has 34 heavy (non-hydrogen) atoms. The highest BCUT2D eigenvalue weighted by atomic mass is 19.3. The van der Waals surface area contributed by atoms with Crippen LogP contribution < -0.4 is 10.6 Å². The van der Waals surface area contributed by atoms with Crippen molar-refractivity contribution in [3.8, 4) is 11.1 Å². The minimum Gasteiger partial charge on any atom is -0.324 e. The number of hydrogen-bond donors (Lipinski definition) is 2. The van der Waals surface area contributed by atoms with Gasteiger partial charge in [-0.05, 0) is 23.3 Å². The normalized spacial score (nSPS) is 11.3. The van der Waals surface area contributed by atoms with Crippen LogP contribution in [0.25, 0.3) is 11.1 Å². The summed E-state index contributed by atoms with van der Waals surface area (Å²) in [5.74, 6) is -3.87. The Hall–Kier alpha value is -4.28. The van der Waals surface area contributed by atoms with Crippen molar-refractivity contribution < 1.29 is 18.0 Å². The molecule has 0 fully saturated rings. The van der Waals surface area contributed by atoms with Gasteiger partial charge >= 0.3 is 0 Å². The van der Waals surface area contributed by atoms with E-state index in [0.29, 0.717) is 17.1 Å². The molecule has 0 saturated heterocycles. The maximum absolute atomic E-state index is 14.7. The Bertz CT molecular complexity index is 1320. The lowest BCUT2D eigenvalue weighted by atomic mass is 10.0. The van der Waals surface area contributed by atoms with Crippen LogP contribution in [0.5, 0.6) is 0 Å². The number of aryl methyl sites for hydroxylation is 1. The number of anilines is 3. The quantitative estimate of drug-likeness (QED) is 0.417. The van der Waals surface area contributed by atoms with Crippen molar-refractivity contribution in [2.75, 3.05) is 10.6 Å². The molecule has 1 aromatic carbocycles. The molecule has 0 aliphatic carbocycles. The molecule has 4 aromatic rings. The van der Waals surface area contributed by atoms with Gasteiger partial charge < -0.3 is 10.6 Å². The second-order valence-electron chi connectivity index (χ2n) is 7.70. The van der Waals surface area contributed by atoms with Crippen LogP contribution >= 0.6 is 0 Å². The van der Waals surface area contributed by atoms with Crippen LogP contribution in [0.3, 0.4) is 0 Å². The number of amides is 1. The van der Waals surface area contributed by atoms with E-state index in [2.05, 4.69) is 30.7 Å². The second kappa shape index (κ2) is 9.30. The van der Waals surface area contributed by atoms with Crippen molar-refractivity contribution in [3.63, 3.8) is 0 Å². The topological polar surface area (TPSA) is 97.6 Å². The van der Waals surface area contributed by atoms with Gasteiger partial charge in [0.1, 0.15) is 5.82 Å². The Morgan fingerprint density at radius 3 is 2.44 bits per heavy atom. The first-order chi connectivity index (χ1) is 16.2. The average molecular weight is 467 g/mol. The smallest absolute Gasteiger partial charge is 0.272 e. The molecule has 8 nitrogen and oxygen atoms in total. The van der Waals surface area contributed by atoms with Gasteiger partial charge in [-0.2, -0.15) is 5.10 Å². The summed E-state index contributed by atoms with van der Waals surface area (Å²) in [4.78, 5) is 24.5. The predicted octanol–water partition coefficient (Wildman–Crippen LogP) is 4.45. The lowest BCUT2D eigenvalue weighted by Gasteiger charge is -2.12. The molecule has 11 heteroatoms. The van der Waals surface area contributed by atoms with Crippen molar-refractivity contribution in [1.82, 2.24) is 24.7 Å². The third kappa shape index (κ3) is 5.55. The maximum Gasteiger partial charge on any atom is 0.272 e. The van der Waals surface area contributed by atoms with E-state index in [0.717, 1.165) is 24.9 Å². The molecule has 0 aliphatic rings. The average Bonchev–Trinajstić information content (AvgIpc) is 3.20. The van der Waals surface area contributed by atoms with Gasteiger partial charge in [0.05, 0.1) is 30.2 Å². The summed E-state index contributed by atoms with van der Waals surface area (Å²) in [7, 11) is 1.79. The molecular formula is C23H20F3N7O. The van der Waals surface area contributed by atoms with Gasteiger partial charge in [-0.15, -0.1) is 0 Å². The summed E-state index contributed by atoms with van der Waals surface area (Å²) in [6, 6.07) is 5.56. The van der Waals surface area contributed by atoms with E-state index in [1.165, 1.54) is 18.3 Å². The molecule has 174 valence electrons. The van der Waals surface area contributed by atoms with Gasteiger partial charge in [-0.3, -0.25) is 14.5 Å². The maximum atomic E-state index is 14.7. The molecule has 0 spiro atoms. The van der Waals surface area contributed by atoms with Gasteiger partial charge in [0, 0.05) is 49.9 Å². The molecule has 3 heterocycles. The van der Waals surface area contributed by atoms with E-state index in [1.54, 1.807) is 42.6 Å². The van der Waals surface area contributed by atoms with Gasteiger partial charge in [-0.25, -0.2) is 23.1 Å². The summed E-state index contributed by atoms with van der Waals surface area (Å²) in [6.45, 7) is 0.738. The number of nitrogens with zero attached hydrogens (tertiary/aromatic N) is 5. The number of pyridine rings is 1. The lowest BCUT2D eigenvalue weighted by Crippen LogP contribution is -2.16. The first-order valence-corrected chi connectivity index (χ1v) is 10.2. The summed E-state index contributed by atoms with van der Waals surface area (Å²) in [5.41, 5.74) is 1.80. The standard InChI is InChI=1S/C23H20F3N7O/c1-23(25,26)17-7-18(11-27-10-17)31-21(34)6-15-4-3-14(5-20(15)24)16-8-28-22(29-9-16)32-19-12-30-33(2)13-19/h3-5,7-13H,6H2,1-2H3,(H,31,34)(H,28,29,32). The predicted molar refractivity (Wildman–Crippen MR) is 120 cm³/mol. The van der Waals surface area contributed by atoms with Crippen LogP contribution in [-0.2, 0) is 24.2 Å². The minimum absolute atomic E-state index is 0.109. The molecule has 0 unspecified atom stereocenters. The summed E-state index contributed by atoms with van der Waals surface area (Å²) >= 11 is 0.